The van der Waals surface area contributed by atoms with Gasteiger partial charge < -0.3 is 14.8 Å². The molecule has 1 aromatic rings. The Hall–Kier alpha value is -2.35. The molecular formula is C19H29N3O5. The number of benzene rings is 1. The van der Waals surface area contributed by atoms with E-state index in [1.54, 1.807) is 6.92 Å². The third-order valence-corrected chi connectivity index (χ3v) is 4.89. The Balaban J connectivity index is 2.13. The van der Waals surface area contributed by atoms with Gasteiger partial charge in [0.15, 0.2) is 11.5 Å². The van der Waals surface area contributed by atoms with Crippen molar-refractivity contribution in [1.82, 2.24) is 10.2 Å². The van der Waals surface area contributed by atoms with Gasteiger partial charge in [-0.1, -0.05) is 6.92 Å². The van der Waals surface area contributed by atoms with E-state index in [4.69, 9.17) is 9.47 Å². The highest BCUT2D eigenvalue weighted by Gasteiger charge is 2.26. The van der Waals surface area contributed by atoms with Gasteiger partial charge in [-0.05, 0) is 39.2 Å². The second kappa shape index (κ2) is 9.55. The molecule has 0 aromatic heterocycles. The molecule has 2 atom stereocenters. The van der Waals surface area contributed by atoms with Gasteiger partial charge in [0.05, 0.1) is 24.7 Å². The number of nitrogens with zero attached hydrogens (tertiary/aromatic N) is 2. The fourth-order valence-electron chi connectivity index (χ4n) is 3.40. The van der Waals surface area contributed by atoms with Crippen LogP contribution >= 0.6 is 0 Å². The normalized spacial score (nSPS) is 18.6. The molecule has 8 nitrogen and oxygen atoms in total. The number of ether oxygens (including phenoxy) is 2. The Morgan fingerprint density at radius 1 is 1.44 bits per heavy atom. The van der Waals surface area contributed by atoms with E-state index in [0.717, 1.165) is 19.5 Å². The summed E-state index contributed by atoms with van der Waals surface area (Å²) in [5.41, 5.74) is -0.324. The van der Waals surface area contributed by atoms with Gasteiger partial charge in [-0.2, -0.15) is 0 Å². The summed E-state index contributed by atoms with van der Waals surface area (Å²) < 4.78 is 10.6. The Labute approximate surface area is 160 Å². The largest absolute Gasteiger partial charge is 0.493 e. The van der Waals surface area contributed by atoms with Crippen LogP contribution in [0, 0.1) is 16.0 Å². The lowest BCUT2D eigenvalue weighted by molar-refractivity contribution is -0.385. The van der Waals surface area contributed by atoms with Crippen molar-refractivity contribution < 1.29 is 19.2 Å². The molecule has 0 unspecified atom stereocenters. The van der Waals surface area contributed by atoms with E-state index in [0.29, 0.717) is 24.8 Å². The Bertz CT molecular complexity index is 680. The van der Waals surface area contributed by atoms with Crippen LogP contribution in [-0.4, -0.2) is 55.1 Å². The summed E-state index contributed by atoms with van der Waals surface area (Å²) in [7, 11) is 1.44. The van der Waals surface area contributed by atoms with Gasteiger partial charge in [0, 0.05) is 25.2 Å². The first-order valence-corrected chi connectivity index (χ1v) is 9.38. The van der Waals surface area contributed by atoms with Crippen LogP contribution in [-0.2, 0) is 0 Å². The quantitative estimate of drug-likeness (QED) is 0.551. The fraction of sp³-hybridized carbons (Fsp3) is 0.632. The van der Waals surface area contributed by atoms with Crippen LogP contribution in [0.3, 0.4) is 0 Å². The van der Waals surface area contributed by atoms with E-state index in [1.165, 1.54) is 25.7 Å². The fourth-order valence-corrected chi connectivity index (χ4v) is 3.40. The predicted octanol–water partition coefficient (Wildman–Crippen LogP) is 2.85. The molecule has 27 heavy (non-hydrogen) atoms. The molecule has 2 rings (SSSR count). The van der Waals surface area contributed by atoms with Gasteiger partial charge in [0.25, 0.3) is 11.6 Å². The van der Waals surface area contributed by atoms with E-state index in [-0.39, 0.29) is 23.0 Å². The lowest BCUT2D eigenvalue weighted by Crippen LogP contribution is -2.46. The molecule has 8 heteroatoms. The SMILES string of the molecule is CCOc1cc([N+](=O)[O-])c(C(=O)NC[C@H](C)N2CCC[C@H](C)C2)cc1OC. The van der Waals surface area contributed by atoms with Gasteiger partial charge in [0.2, 0.25) is 0 Å². The summed E-state index contributed by atoms with van der Waals surface area (Å²) in [6.07, 6.45) is 2.38. The maximum atomic E-state index is 12.6. The van der Waals surface area contributed by atoms with Crippen LogP contribution in [0.25, 0.3) is 0 Å². The van der Waals surface area contributed by atoms with Crippen molar-refractivity contribution in [2.24, 2.45) is 5.92 Å². The number of nitrogens with one attached hydrogen (secondary N) is 1. The zero-order valence-corrected chi connectivity index (χ0v) is 16.5. The molecule has 1 amide bonds. The molecule has 1 heterocycles. The first-order chi connectivity index (χ1) is 12.9. The molecule has 0 radical (unpaired) electrons. The van der Waals surface area contributed by atoms with Crippen molar-refractivity contribution in [3.05, 3.63) is 27.8 Å². The second-order valence-electron chi connectivity index (χ2n) is 7.01. The molecule has 1 fully saturated rings. The van der Waals surface area contributed by atoms with E-state index >= 15 is 0 Å². The Kier molecular flexibility index (Phi) is 7.41. The van der Waals surface area contributed by atoms with Crippen molar-refractivity contribution in [3.63, 3.8) is 0 Å². The number of hydrogen-bond acceptors (Lipinski definition) is 6. The molecule has 0 spiro atoms. The zero-order valence-electron chi connectivity index (χ0n) is 16.5. The topological polar surface area (TPSA) is 93.9 Å². The molecular weight excluding hydrogens is 350 g/mol. The highest BCUT2D eigenvalue weighted by atomic mass is 16.6. The molecule has 1 N–H and O–H groups in total. The number of carbonyl (C=O) groups excluding carboxylic acids is 1. The number of likely N-dealkylation sites (tertiary alicyclic amines) is 1. The molecule has 1 saturated heterocycles. The standard InChI is InChI=1S/C19H29N3O5/c1-5-27-18-10-16(22(24)25)15(9-17(18)26-4)19(23)20-11-14(3)21-8-6-7-13(2)12-21/h9-10,13-14H,5-8,11-12H2,1-4H3,(H,20,23)/t13-,14-/m0/s1. The van der Waals surface area contributed by atoms with E-state index in [2.05, 4.69) is 24.1 Å². The highest BCUT2D eigenvalue weighted by molar-refractivity contribution is 5.99. The number of carbonyl (C=O) groups is 1. The number of methoxy groups -OCH3 is 1. The Morgan fingerprint density at radius 3 is 2.78 bits per heavy atom. The summed E-state index contributed by atoms with van der Waals surface area (Å²) >= 11 is 0. The molecule has 0 aliphatic carbocycles. The number of piperidine rings is 1. The number of amides is 1. The number of hydrogen-bond donors (Lipinski definition) is 1. The number of rotatable bonds is 8. The van der Waals surface area contributed by atoms with E-state index < -0.39 is 10.8 Å². The molecule has 1 aromatic carbocycles. The monoisotopic (exact) mass is 379 g/mol. The lowest BCUT2D eigenvalue weighted by atomic mass is 9.99. The third-order valence-electron chi connectivity index (χ3n) is 4.89. The van der Waals surface area contributed by atoms with Gasteiger partial charge in [-0.3, -0.25) is 19.8 Å². The highest BCUT2D eigenvalue weighted by Crippen LogP contribution is 2.34. The average molecular weight is 379 g/mol. The first-order valence-electron chi connectivity index (χ1n) is 9.38. The summed E-state index contributed by atoms with van der Waals surface area (Å²) in [6, 6.07) is 2.78. The van der Waals surface area contributed by atoms with Crippen LogP contribution in [0.4, 0.5) is 5.69 Å². The minimum Gasteiger partial charge on any atom is -0.493 e. The summed E-state index contributed by atoms with van der Waals surface area (Å²) in [4.78, 5) is 25.8. The van der Waals surface area contributed by atoms with Crippen LogP contribution in [0.1, 0.15) is 44.0 Å². The van der Waals surface area contributed by atoms with Crippen molar-refractivity contribution in [3.8, 4) is 11.5 Å². The number of nitro groups is 1. The summed E-state index contributed by atoms with van der Waals surface area (Å²) in [5.74, 6) is 0.706. The van der Waals surface area contributed by atoms with Crippen LogP contribution in [0.5, 0.6) is 11.5 Å². The van der Waals surface area contributed by atoms with Gasteiger partial charge in [-0.15, -0.1) is 0 Å². The molecule has 1 aliphatic heterocycles. The lowest BCUT2D eigenvalue weighted by Gasteiger charge is -2.35. The van der Waals surface area contributed by atoms with Crippen LogP contribution in [0.2, 0.25) is 0 Å². The molecule has 150 valence electrons. The van der Waals surface area contributed by atoms with Crippen molar-refractivity contribution in [1.29, 1.82) is 0 Å². The van der Waals surface area contributed by atoms with Crippen molar-refractivity contribution >= 4 is 11.6 Å². The number of nitro benzene ring substituents is 1. The maximum absolute atomic E-state index is 12.6. The van der Waals surface area contributed by atoms with Gasteiger partial charge in [0.1, 0.15) is 5.56 Å². The van der Waals surface area contributed by atoms with E-state index in [9.17, 15) is 14.9 Å². The Morgan fingerprint density at radius 2 is 2.19 bits per heavy atom. The minimum atomic E-state index is -0.577. The van der Waals surface area contributed by atoms with Crippen LogP contribution < -0.4 is 14.8 Å². The molecule has 0 bridgehead atoms. The summed E-state index contributed by atoms with van der Waals surface area (Å²) in [6.45, 7) is 8.85. The third kappa shape index (κ3) is 5.32. The van der Waals surface area contributed by atoms with Crippen LogP contribution in [0.15, 0.2) is 12.1 Å². The second-order valence-corrected chi connectivity index (χ2v) is 7.01. The summed E-state index contributed by atoms with van der Waals surface area (Å²) in [5, 5.41) is 14.3. The molecule has 1 aliphatic rings. The maximum Gasteiger partial charge on any atom is 0.286 e. The smallest absolute Gasteiger partial charge is 0.286 e. The first kappa shape index (κ1) is 21.0. The van der Waals surface area contributed by atoms with Gasteiger partial charge >= 0.3 is 0 Å². The van der Waals surface area contributed by atoms with Gasteiger partial charge in [-0.25, -0.2) is 0 Å². The average Bonchev–Trinajstić information content (AvgIpc) is 2.65. The van der Waals surface area contributed by atoms with E-state index in [1.807, 2.05) is 0 Å². The molecule has 0 saturated carbocycles. The predicted molar refractivity (Wildman–Crippen MR) is 103 cm³/mol. The van der Waals surface area contributed by atoms with Crippen molar-refractivity contribution in [2.45, 2.75) is 39.7 Å². The minimum absolute atomic E-state index is 0.0282. The van der Waals surface area contributed by atoms with Crippen molar-refractivity contribution in [2.75, 3.05) is 33.4 Å². The zero-order chi connectivity index (χ0) is 20.0.